The van der Waals surface area contributed by atoms with Crippen molar-refractivity contribution in [2.24, 2.45) is 0 Å². The number of nitrogens with one attached hydrogen (secondary N) is 2. The summed E-state index contributed by atoms with van der Waals surface area (Å²) in [5.41, 5.74) is 4.78. The molecule has 2 heterocycles. The minimum Gasteiger partial charge on any atom is -0.276 e. The number of carbonyl (C=O) groups is 2. The average molecular weight is 481 g/mol. The summed E-state index contributed by atoms with van der Waals surface area (Å²) in [6.07, 6.45) is 0.732. The molecule has 0 saturated heterocycles. The Bertz CT molecular complexity index is 1480. The van der Waals surface area contributed by atoms with Gasteiger partial charge >= 0.3 is 0 Å². The van der Waals surface area contributed by atoms with Gasteiger partial charge in [-0.25, -0.2) is 0 Å². The summed E-state index contributed by atoms with van der Waals surface area (Å²) in [6.45, 7) is 2.43. The molecule has 2 aromatic carbocycles. The van der Waals surface area contributed by atoms with Gasteiger partial charge in [0.15, 0.2) is 5.16 Å². The van der Waals surface area contributed by atoms with E-state index >= 15 is 0 Å². The van der Waals surface area contributed by atoms with Crippen LogP contribution in [0, 0.1) is 10.1 Å². The van der Waals surface area contributed by atoms with Gasteiger partial charge in [0.25, 0.3) is 17.2 Å². The number of hydrogen-bond acceptors (Lipinski definition) is 8. The largest absolute Gasteiger partial charge is 0.276 e. The van der Waals surface area contributed by atoms with Crippen LogP contribution in [0.15, 0.2) is 58.5 Å². The number of fused-ring (bicyclic) bond motifs is 3. The van der Waals surface area contributed by atoms with Crippen molar-refractivity contribution in [3.05, 3.63) is 74.6 Å². The maximum absolute atomic E-state index is 12.9. The van der Waals surface area contributed by atoms with E-state index in [1.54, 1.807) is 33.2 Å². The first-order valence-electron chi connectivity index (χ1n) is 10.2. The molecule has 4 aromatic rings. The molecule has 0 fully saturated rings. The number of non-ortho nitro benzene ring substituents is 1. The molecule has 0 aliphatic carbocycles. The first-order valence-corrected chi connectivity index (χ1v) is 11.2. The van der Waals surface area contributed by atoms with Gasteiger partial charge in [-0.1, -0.05) is 36.9 Å². The molecule has 0 unspecified atom stereocenters. The van der Waals surface area contributed by atoms with Crippen molar-refractivity contribution < 1.29 is 14.5 Å². The molecular weight excluding hydrogens is 462 g/mol. The van der Waals surface area contributed by atoms with Gasteiger partial charge in [-0.3, -0.25) is 44.3 Å². The van der Waals surface area contributed by atoms with Gasteiger partial charge in [0.2, 0.25) is 11.7 Å². The highest BCUT2D eigenvalue weighted by Crippen LogP contribution is 2.21. The smallest absolute Gasteiger partial charge is 0.270 e. The number of nitro benzene ring substituents is 1. The van der Waals surface area contributed by atoms with Crippen LogP contribution >= 0.6 is 11.8 Å². The topological polar surface area (TPSA) is 154 Å². The maximum atomic E-state index is 12.9. The van der Waals surface area contributed by atoms with Crippen LogP contribution in [0.5, 0.6) is 0 Å². The monoisotopic (exact) mass is 481 g/mol. The summed E-state index contributed by atoms with van der Waals surface area (Å²) < 4.78 is 3.28. The normalized spacial score (nSPS) is 11.0. The molecule has 2 aromatic heterocycles. The summed E-state index contributed by atoms with van der Waals surface area (Å²) in [6, 6.07) is 12.2. The minimum absolute atomic E-state index is 0.0333. The summed E-state index contributed by atoms with van der Waals surface area (Å²) in [4.78, 5) is 47.6. The number of benzene rings is 2. The fourth-order valence-electron chi connectivity index (χ4n) is 3.38. The van der Waals surface area contributed by atoms with Crippen molar-refractivity contribution in [1.29, 1.82) is 0 Å². The maximum Gasteiger partial charge on any atom is 0.270 e. The Hall–Kier alpha value is -4.26. The number of hydrogen-bond donors (Lipinski definition) is 2. The van der Waals surface area contributed by atoms with E-state index in [2.05, 4.69) is 21.0 Å². The Morgan fingerprint density at radius 2 is 1.91 bits per heavy atom. The summed E-state index contributed by atoms with van der Waals surface area (Å²) in [5, 5.41) is 20.1. The summed E-state index contributed by atoms with van der Waals surface area (Å²) >= 11 is 1.09. The first-order chi connectivity index (χ1) is 16.4. The molecule has 0 radical (unpaired) electrons. The zero-order valence-corrected chi connectivity index (χ0v) is 18.7. The molecule has 34 heavy (non-hydrogen) atoms. The molecule has 174 valence electrons. The molecule has 4 rings (SSSR count). The van der Waals surface area contributed by atoms with Crippen LogP contribution in [0.25, 0.3) is 16.7 Å². The van der Waals surface area contributed by atoms with Crippen molar-refractivity contribution in [2.45, 2.75) is 25.0 Å². The van der Waals surface area contributed by atoms with Crippen LogP contribution in [-0.2, 0) is 11.3 Å². The van der Waals surface area contributed by atoms with Crippen LogP contribution < -0.4 is 16.4 Å². The fraction of sp³-hybridized carbons (Fsp3) is 0.190. The number of aryl methyl sites for hydroxylation is 1. The van der Waals surface area contributed by atoms with Gasteiger partial charge in [0.1, 0.15) is 0 Å². The van der Waals surface area contributed by atoms with Crippen molar-refractivity contribution in [3.8, 4) is 0 Å². The average Bonchev–Trinajstić information content (AvgIpc) is 3.27. The number of hydrazine groups is 1. The molecule has 0 aliphatic rings. The Kier molecular flexibility index (Phi) is 6.54. The number of thioether (sulfide) groups is 1. The van der Waals surface area contributed by atoms with Crippen LogP contribution in [0.1, 0.15) is 23.7 Å². The number of aromatic nitrogens is 4. The van der Waals surface area contributed by atoms with Crippen LogP contribution in [-0.4, -0.2) is 41.7 Å². The van der Waals surface area contributed by atoms with E-state index in [-0.39, 0.29) is 22.6 Å². The molecule has 0 atom stereocenters. The Morgan fingerprint density at radius 3 is 2.68 bits per heavy atom. The van der Waals surface area contributed by atoms with Gasteiger partial charge in [-0.05, 0) is 24.6 Å². The lowest BCUT2D eigenvalue weighted by atomic mass is 10.2. The highest BCUT2D eigenvalue weighted by Gasteiger charge is 2.18. The number of rotatable bonds is 7. The van der Waals surface area contributed by atoms with Crippen LogP contribution in [0.2, 0.25) is 0 Å². The van der Waals surface area contributed by atoms with Crippen molar-refractivity contribution >= 4 is 45.9 Å². The van der Waals surface area contributed by atoms with E-state index in [4.69, 9.17) is 0 Å². The highest BCUT2D eigenvalue weighted by atomic mass is 32.2. The first kappa shape index (κ1) is 22.9. The van der Waals surface area contributed by atoms with Gasteiger partial charge in [-0.2, -0.15) is 0 Å². The molecule has 2 amide bonds. The minimum atomic E-state index is -0.690. The summed E-state index contributed by atoms with van der Waals surface area (Å²) in [5.74, 6) is -0.930. The molecule has 12 nitrogen and oxygen atoms in total. The summed E-state index contributed by atoms with van der Waals surface area (Å²) in [7, 11) is 0. The van der Waals surface area contributed by atoms with E-state index in [1.165, 1.54) is 18.2 Å². The van der Waals surface area contributed by atoms with Gasteiger partial charge in [-0.15, -0.1) is 10.2 Å². The molecule has 13 heteroatoms. The molecular formula is C21H19N7O5S. The number of para-hydroxylation sites is 1. The predicted octanol–water partition coefficient (Wildman–Crippen LogP) is 1.92. The van der Waals surface area contributed by atoms with Gasteiger partial charge < -0.3 is 0 Å². The zero-order chi connectivity index (χ0) is 24.2. The van der Waals surface area contributed by atoms with Crippen molar-refractivity contribution in [3.63, 3.8) is 0 Å². The van der Waals surface area contributed by atoms with E-state index in [0.717, 1.165) is 24.2 Å². The standard InChI is InChI=1S/C21H19N7O5S/c1-2-10-26-19(31)15-8-3-4-9-16(15)27-20(26)24-25-21(27)34-12-17(29)22-23-18(30)13-6-5-7-14(11-13)28(32)33/h3-9,11H,2,10,12H2,1H3,(H,22,29)(H,23,30). The molecule has 0 bridgehead atoms. The highest BCUT2D eigenvalue weighted by molar-refractivity contribution is 7.99. The van der Waals surface area contributed by atoms with E-state index < -0.39 is 16.7 Å². The van der Waals surface area contributed by atoms with E-state index in [9.17, 15) is 24.5 Å². The Labute approximate surface area is 196 Å². The molecule has 0 spiro atoms. The lowest BCUT2D eigenvalue weighted by Gasteiger charge is -2.10. The SMILES string of the molecule is CCCn1c(=O)c2ccccc2n2c(SCC(=O)NNC(=O)c3cccc([N+](=O)[O-])c3)nnc12. The second-order valence-electron chi connectivity index (χ2n) is 7.19. The van der Waals surface area contributed by atoms with Crippen LogP contribution in [0.3, 0.4) is 0 Å². The predicted molar refractivity (Wildman–Crippen MR) is 124 cm³/mol. The third-order valence-corrected chi connectivity index (χ3v) is 5.82. The van der Waals surface area contributed by atoms with E-state index in [1.807, 2.05) is 6.92 Å². The van der Waals surface area contributed by atoms with Gasteiger partial charge in [0, 0.05) is 24.2 Å². The van der Waals surface area contributed by atoms with Crippen molar-refractivity contribution in [2.75, 3.05) is 5.75 Å². The van der Waals surface area contributed by atoms with E-state index in [0.29, 0.717) is 28.4 Å². The quantitative estimate of drug-likeness (QED) is 0.231. The number of amides is 2. The lowest BCUT2D eigenvalue weighted by Crippen LogP contribution is -2.42. The number of carbonyl (C=O) groups excluding carboxylic acids is 2. The molecule has 0 aliphatic heterocycles. The third kappa shape index (κ3) is 4.45. The van der Waals surface area contributed by atoms with Crippen LogP contribution in [0.4, 0.5) is 5.69 Å². The zero-order valence-electron chi connectivity index (χ0n) is 17.9. The number of nitro groups is 1. The molecule has 0 saturated carbocycles. The van der Waals surface area contributed by atoms with Crippen molar-refractivity contribution in [1.82, 2.24) is 30.0 Å². The fourth-order valence-corrected chi connectivity index (χ4v) is 4.12. The number of nitrogens with zero attached hydrogens (tertiary/aromatic N) is 5. The van der Waals surface area contributed by atoms with Gasteiger partial charge in [0.05, 0.1) is 21.6 Å². The third-order valence-electron chi connectivity index (χ3n) is 4.89. The lowest BCUT2D eigenvalue weighted by molar-refractivity contribution is -0.384. The Balaban J connectivity index is 1.49. The second kappa shape index (κ2) is 9.70. The second-order valence-corrected chi connectivity index (χ2v) is 8.13. The Morgan fingerprint density at radius 1 is 1.12 bits per heavy atom. The molecule has 2 N–H and O–H groups in total.